The minimum atomic E-state index is -3.88. The van der Waals surface area contributed by atoms with E-state index in [1.165, 1.54) is 47.2 Å². The topological polar surface area (TPSA) is 105 Å². The first-order valence-electron chi connectivity index (χ1n) is 10.2. The molecule has 0 radical (unpaired) electrons. The summed E-state index contributed by atoms with van der Waals surface area (Å²) in [5.41, 5.74) is -2.29. The average molecular weight is 512 g/mol. The van der Waals surface area contributed by atoms with Gasteiger partial charge in [0.2, 0.25) is 0 Å². The monoisotopic (exact) mass is 511 g/mol. The third kappa shape index (κ3) is 5.23. The van der Waals surface area contributed by atoms with E-state index in [9.17, 15) is 27.5 Å². The van der Waals surface area contributed by atoms with Crippen LogP contribution in [-0.2, 0) is 0 Å². The smallest absolute Gasteiger partial charge is 0.420 e. The molecule has 2 heterocycles. The minimum Gasteiger partial charge on any atom is -0.420 e. The Kier molecular flexibility index (Phi) is 6.68. The summed E-state index contributed by atoms with van der Waals surface area (Å²) in [4.78, 5) is 17.0. The van der Waals surface area contributed by atoms with E-state index in [1.807, 2.05) is 0 Å². The van der Waals surface area contributed by atoms with Crippen LogP contribution in [0.1, 0.15) is 35.6 Å². The quantitative estimate of drug-likeness (QED) is 0.219. The lowest BCUT2D eigenvalue weighted by molar-refractivity contribution is -0.0964. The lowest BCUT2D eigenvalue weighted by Gasteiger charge is -2.17. The Morgan fingerprint density at radius 1 is 1.26 bits per heavy atom. The van der Waals surface area contributed by atoms with Crippen LogP contribution in [-0.4, -0.2) is 42.9 Å². The maximum absolute atomic E-state index is 13.8. The van der Waals surface area contributed by atoms with E-state index in [2.05, 4.69) is 25.2 Å². The number of nitrogens with one attached hydrogen (secondary N) is 2. The van der Waals surface area contributed by atoms with Crippen LogP contribution < -0.4 is 10.1 Å². The van der Waals surface area contributed by atoms with Crippen molar-refractivity contribution in [1.82, 2.24) is 19.7 Å². The number of carbonyl (C=O) groups excluding carboxylic acids is 1. The number of aliphatic hydroxyl groups is 1. The number of rotatable bonds is 8. The third-order valence-electron chi connectivity index (χ3n) is 5.11. The Labute approximate surface area is 200 Å². The molecule has 35 heavy (non-hydrogen) atoms. The number of aromatic nitrogens is 4. The number of H-pyrrole nitrogens is 1. The van der Waals surface area contributed by atoms with Crippen molar-refractivity contribution in [3.05, 3.63) is 60.0 Å². The van der Waals surface area contributed by atoms with Crippen LogP contribution in [0.4, 0.5) is 23.2 Å². The average Bonchev–Trinajstić information content (AvgIpc) is 3.46. The van der Waals surface area contributed by atoms with Crippen molar-refractivity contribution in [3.8, 4) is 17.0 Å². The predicted octanol–water partition coefficient (Wildman–Crippen LogP) is 5.34. The van der Waals surface area contributed by atoms with Gasteiger partial charge in [-0.05, 0) is 49.4 Å². The Hall–Kier alpha value is -3.64. The summed E-state index contributed by atoms with van der Waals surface area (Å²) in [6.45, 7) is 1.16. The second kappa shape index (κ2) is 9.55. The molecule has 0 bridgehead atoms. The number of aromatic amines is 1. The highest BCUT2D eigenvalue weighted by Crippen LogP contribution is 2.35. The Balaban J connectivity index is 1.75. The van der Waals surface area contributed by atoms with Crippen molar-refractivity contribution < 1.29 is 32.2 Å². The number of alkyl halides is 5. The second-order valence-corrected chi connectivity index (χ2v) is 8.00. The number of benzene rings is 2. The van der Waals surface area contributed by atoms with Gasteiger partial charge >= 0.3 is 5.57 Å². The molecule has 0 aliphatic rings. The number of carbonyl (C=O) groups is 1. The fourth-order valence-electron chi connectivity index (χ4n) is 3.62. The number of anilines is 1. The maximum Gasteiger partial charge on any atom is 0.487 e. The number of hydrogen-bond donors (Lipinski definition) is 3. The van der Waals surface area contributed by atoms with E-state index < -0.39 is 36.4 Å². The van der Waals surface area contributed by atoms with E-state index in [4.69, 9.17) is 11.6 Å². The number of aliphatic hydroxyl groups excluding tert-OH is 1. The largest absolute Gasteiger partial charge is 0.487 e. The summed E-state index contributed by atoms with van der Waals surface area (Å²) in [6, 6.07) is 8.76. The van der Waals surface area contributed by atoms with Crippen molar-refractivity contribution in [1.29, 1.82) is 0 Å². The molecule has 2 aromatic heterocycles. The number of amides is 1. The number of ether oxygens (including phenoxy) is 1. The van der Waals surface area contributed by atoms with Gasteiger partial charge in [-0.15, -0.1) is 8.78 Å². The molecule has 13 heteroatoms. The van der Waals surface area contributed by atoms with Crippen LogP contribution in [0.25, 0.3) is 22.3 Å². The number of nitrogens with zero attached hydrogens (tertiary/aromatic N) is 3. The molecule has 0 aliphatic carbocycles. The summed E-state index contributed by atoms with van der Waals surface area (Å²) < 4.78 is 58.6. The lowest BCUT2D eigenvalue weighted by atomic mass is 10.0. The van der Waals surface area contributed by atoms with E-state index in [-0.39, 0.29) is 22.5 Å². The zero-order chi connectivity index (χ0) is 25.3. The van der Waals surface area contributed by atoms with Crippen LogP contribution in [0.5, 0.6) is 5.75 Å². The van der Waals surface area contributed by atoms with Gasteiger partial charge in [0, 0.05) is 34.6 Å². The number of halogens is 5. The Morgan fingerprint density at radius 2 is 1.97 bits per heavy atom. The molecule has 0 unspecified atom stereocenters. The van der Waals surface area contributed by atoms with Gasteiger partial charge in [0.25, 0.3) is 12.3 Å². The molecule has 184 valence electrons. The highest BCUT2D eigenvalue weighted by atomic mass is 35.5. The third-order valence-corrected chi connectivity index (χ3v) is 5.19. The van der Waals surface area contributed by atoms with Crippen molar-refractivity contribution in [2.45, 2.75) is 25.0 Å². The first-order chi connectivity index (χ1) is 16.6. The van der Waals surface area contributed by atoms with Crippen molar-refractivity contribution in [2.24, 2.45) is 0 Å². The summed E-state index contributed by atoms with van der Waals surface area (Å²) >= 11 is 4.74. The van der Waals surface area contributed by atoms with Gasteiger partial charge in [-0.2, -0.15) is 5.10 Å². The van der Waals surface area contributed by atoms with E-state index >= 15 is 0 Å². The van der Waals surface area contributed by atoms with Crippen LogP contribution in [0, 0.1) is 0 Å². The minimum absolute atomic E-state index is 0.0943. The molecule has 0 saturated heterocycles. The van der Waals surface area contributed by atoms with Gasteiger partial charge < -0.3 is 19.7 Å². The molecule has 0 saturated carbocycles. The van der Waals surface area contributed by atoms with Gasteiger partial charge in [0.05, 0.1) is 29.4 Å². The van der Waals surface area contributed by atoms with Crippen molar-refractivity contribution >= 4 is 34.2 Å². The molecule has 0 fully saturated rings. The summed E-state index contributed by atoms with van der Waals surface area (Å²) in [5, 5.41) is 18.9. The molecule has 2 aromatic carbocycles. The van der Waals surface area contributed by atoms with Crippen molar-refractivity contribution in [3.63, 3.8) is 0 Å². The van der Waals surface area contributed by atoms with Gasteiger partial charge in [-0.3, -0.25) is 9.89 Å². The first-order valence-corrected chi connectivity index (χ1v) is 10.6. The standard InChI is InChI=1S/C22H18ClF4N5O3/c1-11(10-33)32-18-15(16-6-7-28-31-16)8-12(9-17(18)30-20(32)19(24)25)21(34)29-13-2-4-14(5-3-13)35-22(23,26)27/h2-9,11,19,33H,10H2,1H3,(H,28,31)(H,29,34)/t11-/m1/s1. The van der Waals surface area contributed by atoms with Gasteiger partial charge in [0.15, 0.2) is 5.82 Å². The normalized spacial score (nSPS) is 12.8. The molecular weight excluding hydrogens is 494 g/mol. The SMILES string of the molecule is C[C@H](CO)n1c(C(F)F)nc2cc(C(=O)Nc3ccc(OC(F)(F)Cl)cc3)cc(-c3ccn[nH]3)c21. The lowest BCUT2D eigenvalue weighted by Crippen LogP contribution is -2.16. The van der Waals surface area contributed by atoms with E-state index in [0.717, 1.165) is 0 Å². The number of imidazole rings is 1. The Morgan fingerprint density at radius 3 is 2.54 bits per heavy atom. The zero-order valence-corrected chi connectivity index (χ0v) is 18.7. The van der Waals surface area contributed by atoms with E-state index in [1.54, 1.807) is 13.0 Å². The fourth-order valence-corrected chi connectivity index (χ4v) is 3.71. The van der Waals surface area contributed by atoms with E-state index in [0.29, 0.717) is 16.8 Å². The Bertz CT molecular complexity index is 1340. The van der Waals surface area contributed by atoms with Crippen LogP contribution in [0.2, 0.25) is 0 Å². The summed E-state index contributed by atoms with van der Waals surface area (Å²) in [6.07, 6.45) is -1.46. The van der Waals surface area contributed by atoms with Crippen molar-refractivity contribution in [2.75, 3.05) is 11.9 Å². The van der Waals surface area contributed by atoms with Gasteiger partial charge in [-0.25, -0.2) is 13.8 Å². The maximum atomic E-state index is 13.8. The molecule has 4 rings (SSSR count). The fraction of sp³-hybridized carbons (Fsp3) is 0.227. The highest BCUT2D eigenvalue weighted by molar-refractivity contribution is 6.20. The molecule has 1 atom stereocenters. The van der Waals surface area contributed by atoms with Gasteiger partial charge in [0.1, 0.15) is 5.75 Å². The highest BCUT2D eigenvalue weighted by Gasteiger charge is 2.28. The number of hydrogen-bond acceptors (Lipinski definition) is 5. The van der Waals surface area contributed by atoms with Crippen LogP contribution in [0.15, 0.2) is 48.7 Å². The molecule has 3 N–H and O–H groups in total. The molecular formula is C22H18ClF4N5O3. The molecule has 4 aromatic rings. The zero-order valence-electron chi connectivity index (χ0n) is 18.0. The second-order valence-electron chi connectivity index (χ2n) is 7.56. The number of fused-ring (bicyclic) bond motifs is 1. The molecule has 0 spiro atoms. The molecule has 0 aliphatic heterocycles. The summed E-state index contributed by atoms with van der Waals surface area (Å²) in [5.74, 6) is -1.37. The summed E-state index contributed by atoms with van der Waals surface area (Å²) in [7, 11) is 0. The van der Waals surface area contributed by atoms with Gasteiger partial charge in [-0.1, -0.05) is 0 Å². The van der Waals surface area contributed by atoms with Crippen LogP contribution >= 0.6 is 11.6 Å². The van der Waals surface area contributed by atoms with Crippen LogP contribution in [0.3, 0.4) is 0 Å². The molecule has 1 amide bonds. The first kappa shape index (κ1) is 24.5. The molecule has 8 nitrogen and oxygen atoms in total. The predicted molar refractivity (Wildman–Crippen MR) is 120 cm³/mol.